The van der Waals surface area contributed by atoms with Gasteiger partial charge in [0.05, 0.1) is 13.1 Å². The van der Waals surface area contributed by atoms with Crippen LogP contribution in [0.4, 0.5) is 0 Å². The minimum atomic E-state index is -0.0227. The summed E-state index contributed by atoms with van der Waals surface area (Å²) in [6.45, 7) is 2.83. The van der Waals surface area contributed by atoms with E-state index in [1.54, 1.807) is 12.4 Å². The lowest BCUT2D eigenvalue weighted by atomic mass is 10.1. The Labute approximate surface area is 136 Å². The van der Waals surface area contributed by atoms with E-state index in [0.29, 0.717) is 6.54 Å². The fourth-order valence-electron chi connectivity index (χ4n) is 2.67. The van der Waals surface area contributed by atoms with E-state index in [1.165, 1.54) is 5.56 Å². The standard InChI is InChI=1S/C18H21N3O2/c1-13(14-6-8-19-9-7-14)20-12-18(22)21-11-16-10-15-4-2-3-5-17(15)23-16/h2-9,13,16,20H,10-12H2,1H3,(H,21,22)/t13-,16+/m0/s1. The number of pyridine rings is 1. The van der Waals surface area contributed by atoms with Crippen LogP contribution in [0.25, 0.3) is 0 Å². The molecule has 0 radical (unpaired) electrons. The minimum Gasteiger partial charge on any atom is -0.488 e. The molecule has 0 bridgehead atoms. The highest BCUT2D eigenvalue weighted by Crippen LogP contribution is 2.27. The summed E-state index contributed by atoms with van der Waals surface area (Å²) in [6, 6.07) is 12.0. The third kappa shape index (κ3) is 4.07. The molecule has 2 heterocycles. The number of aromatic nitrogens is 1. The number of nitrogens with one attached hydrogen (secondary N) is 2. The van der Waals surface area contributed by atoms with Crippen LogP contribution >= 0.6 is 0 Å². The van der Waals surface area contributed by atoms with Gasteiger partial charge in [0.1, 0.15) is 11.9 Å². The van der Waals surface area contributed by atoms with E-state index in [1.807, 2.05) is 37.3 Å². The Hall–Kier alpha value is -2.40. The number of benzene rings is 1. The first-order valence-electron chi connectivity index (χ1n) is 7.87. The predicted molar refractivity (Wildman–Crippen MR) is 88.2 cm³/mol. The van der Waals surface area contributed by atoms with Gasteiger partial charge in [0.2, 0.25) is 5.91 Å². The molecule has 1 aromatic carbocycles. The van der Waals surface area contributed by atoms with Gasteiger partial charge in [-0.05, 0) is 36.2 Å². The zero-order chi connectivity index (χ0) is 16.1. The van der Waals surface area contributed by atoms with Gasteiger partial charge in [0, 0.05) is 24.9 Å². The van der Waals surface area contributed by atoms with Crippen molar-refractivity contribution in [1.29, 1.82) is 0 Å². The van der Waals surface area contributed by atoms with Crippen molar-refractivity contribution < 1.29 is 9.53 Å². The maximum Gasteiger partial charge on any atom is 0.234 e. The summed E-state index contributed by atoms with van der Waals surface area (Å²) < 4.78 is 5.81. The third-order valence-electron chi connectivity index (χ3n) is 4.02. The van der Waals surface area contributed by atoms with Crippen LogP contribution < -0.4 is 15.4 Å². The lowest BCUT2D eigenvalue weighted by molar-refractivity contribution is -0.120. The topological polar surface area (TPSA) is 63.2 Å². The van der Waals surface area contributed by atoms with Crippen molar-refractivity contribution in [3.8, 4) is 5.75 Å². The monoisotopic (exact) mass is 311 g/mol. The van der Waals surface area contributed by atoms with Crippen LogP contribution in [0.5, 0.6) is 5.75 Å². The number of ether oxygens (including phenoxy) is 1. The number of rotatable bonds is 6. The highest BCUT2D eigenvalue weighted by molar-refractivity contribution is 5.78. The molecular formula is C18H21N3O2. The number of nitrogens with zero attached hydrogens (tertiary/aromatic N) is 1. The summed E-state index contributed by atoms with van der Waals surface area (Å²) in [6.07, 6.45) is 4.37. The second kappa shape index (κ2) is 7.24. The molecule has 0 aliphatic carbocycles. The number of amides is 1. The van der Waals surface area contributed by atoms with Gasteiger partial charge in [-0.25, -0.2) is 0 Å². The quantitative estimate of drug-likeness (QED) is 0.854. The van der Waals surface area contributed by atoms with Crippen molar-refractivity contribution in [2.45, 2.75) is 25.5 Å². The van der Waals surface area contributed by atoms with E-state index in [2.05, 4.69) is 21.7 Å². The van der Waals surface area contributed by atoms with Crippen LogP contribution in [0.15, 0.2) is 48.8 Å². The second-order valence-electron chi connectivity index (χ2n) is 5.74. The second-order valence-corrected chi connectivity index (χ2v) is 5.74. The Kier molecular flexibility index (Phi) is 4.88. The SMILES string of the molecule is C[C@H](NCC(=O)NC[C@H]1Cc2ccccc2O1)c1ccncc1. The van der Waals surface area contributed by atoms with Gasteiger partial charge in [-0.15, -0.1) is 0 Å². The lowest BCUT2D eigenvalue weighted by Crippen LogP contribution is -2.40. The zero-order valence-corrected chi connectivity index (χ0v) is 13.2. The molecule has 1 aromatic heterocycles. The molecule has 2 aromatic rings. The van der Waals surface area contributed by atoms with E-state index < -0.39 is 0 Å². The summed E-state index contributed by atoms with van der Waals surface area (Å²) >= 11 is 0. The molecule has 120 valence electrons. The van der Waals surface area contributed by atoms with E-state index in [9.17, 15) is 4.79 Å². The molecule has 0 saturated carbocycles. The molecule has 5 nitrogen and oxygen atoms in total. The van der Waals surface area contributed by atoms with Gasteiger partial charge in [-0.1, -0.05) is 18.2 Å². The summed E-state index contributed by atoms with van der Waals surface area (Å²) in [5, 5.41) is 6.14. The average Bonchev–Trinajstić information content (AvgIpc) is 3.01. The first-order valence-corrected chi connectivity index (χ1v) is 7.87. The largest absolute Gasteiger partial charge is 0.488 e. The molecule has 2 atom stereocenters. The van der Waals surface area contributed by atoms with Crippen LogP contribution in [0.3, 0.4) is 0 Å². The predicted octanol–water partition coefficient (Wildman–Crippen LogP) is 1.85. The number of carbonyl (C=O) groups excluding carboxylic acids is 1. The Morgan fingerprint density at radius 2 is 2.09 bits per heavy atom. The Balaban J connectivity index is 1.39. The summed E-state index contributed by atoms with van der Waals surface area (Å²) in [4.78, 5) is 16.0. The molecular weight excluding hydrogens is 290 g/mol. The average molecular weight is 311 g/mol. The third-order valence-corrected chi connectivity index (χ3v) is 4.02. The molecule has 0 unspecified atom stereocenters. The molecule has 1 amide bonds. The van der Waals surface area contributed by atoms with E-state index in [4.69, 9.17) is 4.74 Å². The Bertz CT molecular complexity index is 635. The van der Waals surface area contributed by atoms with Gasteiger partial charge < -0.3 is 15.4 Å². The number of hydrogen-bond donors (Lipinski definition) is 2. The highest BCUT2D eigenvalue weighted by Gasteiger charge is 2.22. The molecule has 2 N–H and O–H groups in total. The summed E-state index contributed by atoms with van der Waals surface area (Å²) in [7, 11) is 0. The smallest absolute Gasteiger partial charge is 0.234 e. The Morgan fingerprint density at radius 1 is 1.30 bits per heavy atom. The normalized spacial score (nSPS) is 17.2. The molecule has 1 aliphatic heterocycles. The van der Waals surface area contributed by atoms with Crippen LogP contribution in [-0.4, -0.2) is 30.1 Å². The van der Waals surface area contributed by atoms with E-state index >= 15 is 0 Å². The van der Waals surface area contributed by atoms with Gasteiger partial charge in [0.25, 0.3) is 0 Å². The first kappa shape index (κ1) is 15.5. The fourth-order valence-corrected chi connectivity index (χ4v) is 2.67. The van der Waals surface area contributed by atoms with Crippen LogP contribution in [0.2, 0.25) is 0 Å². The van der Waals surface area contributed by atoms with Crippen molar-refractivity contribution in [2.24, 2.45) is 0 Å². The van der Waals surface area contributed by atoms with Crippen molar-refractivity contribution in [3.05, 3.63) is 59.9 Å². The maximum atomic E-state index is 12.0. The van der Waals surface area contributed by atoms with Crippen LogP contribution in [0.1, 0.15) is 24.1 Å². The molecule has 0 fully saturated rings. The summed E-state index contributed by atoms with van der Waals surface area (Å²) in [5.41, 5.74) is 2.32. The van der Waals surface area contributed by atoms with Crippen LogP contribution in [-0.2, 0) is 11.2 Å². The highest BCUT2D eigenvalue weighted by atomic mass is 16.5. The molecule has 5 heteroatoms. The van der Waals surface area contributed by atoms with Crippen molar-refractivity contribution in [3.63, 3.8) is 0 Å². The van der Waals surface area contributed by atoms with Crippen molar-refractivity contribution in [1.82, 2.24) is 15.6 Å². The van der Waals surface area contributed by atoms with Gasteiger partial charge in [-0.2, -0.15) is 0 Å². The molecule has 1 aliphatic rings. The van der Waals surface area contributed by atoms with Gasteiger partial charge in [0.15, 0.2) is 0 Å². The van der Waals surface area contributed by atoms with Gasteiger partial charge in [-0.3, -0.25) is 9.78 Å². The van der Waals surface area contributed by atoms with E-state index in [-0.39, 0.29) is 24.6 Å². The van der Waals surface area contributed by atoms with Crippen LogP contribution in [0, 0.1) is 0 Å². The zero-order valence-electron chi connectivity index (χ0n) is 13.2. The molecule has 23 heavy (non-hydrogen) atoms. The van der Waals surface area contributed by atoms with Crippen molar-refractivity contribution in [2.75, 3.05) is 13.1 Å². The number of fused-ring (bicyclic) bond motifs is 1. The number of carbonyl (C=O) groups is 1. The van der Waals surface area contributed by atoms with Crippen molar-refractivity contribution >= 4 is 5.91 Å². The number of para-hydroxylation sites is 1. The lowest BCUT2D eigenvalue weighted by Gasteiger charge is -2.15. The minimum absolute atomic E-state index is 0.0222. The number of hydrogen-bond acceptors (Lipinski definition) is 4. The molecule has 3 rings (SSSR count). The maximum absolute atomic E-state index is 12.0. The molecule has 0 spiro atoms. The van der Waals surface area contributed by atoms with E-state index in [0.717, 1.165) is 17.7 Å². The first-order chi connectivity index (χ1) is 11.2. The fraction of sp³-hybridized carbons (Fsp3) is 0.333. The van der Waals surface area contributed by atoms with Gasteiger partial charge >= 0.3 is 0 Å². The Morgan fingerprint density at radius 3 is 2.87 bits per heavy atom. The summed E-state index contributed by atoms with van der Waals surface area (Å²) in [5.74, 6) is 0.904. The molecule has 0 saturated heterocycles.